The van der Waals surface area contributed by atoms with Crippen molar-refractivity contribution in [1.82, 2.24) is 9.55 Å². The minimum Gasteiger partial charge on any atom is -0.274 e. The summed E-state index contributed by atoms with van der Waals surface area (Å²) in [6.07, 6.45) is 1.77. The number of aromatic nitrogens is 2. The van der Waals surface area contributed by atoms with E-state index in [9.17, 15) is 4.79 Å². The normalized spacial score (nSPS) is 11.4. The Hall–Kier alpha value is -3.46. The zero-order valence-corrected chi connectivity index (χ0v) is 14.3. The molecule has 0 fully saturated rings. The van der Waals surface area contributed by atoms with Crippen molar-refractivity contribution < 1.29 is 0 Å². The third kappa shape index (κ3) is 2.07. The molecule has 0 bridgehead atoms. The second-order valence-electron chi connectivity index (χ2n) is 6.56. The molecule has 0 unspecified atom stereocenters. The molecule has 3 nitrogen and oxygen atoms in total. The van der Waals surface area contributed by atoms with E-state index < -0.39 is 0 Å². The molecule has 0 radical (unpaired) electrons. The molecule has 124 valence electrons. The van der Waals surface area contributed by atoms with Crippen LogP contribution >= 0.6 is 0 Å². The summed E-state index contributed by atoms with van der Waals surface area (Å²) in [5.41, 5.74) is 3.60. The van der Waals surface area contributed by atoms with E-state index in [1.165, 1.54) is 0 Å². The maximum Gasteiger partial charge on any atom is 0.263 e. The number of aryl methyl sites for hydroxylation is 1. The van der Waals surface area contributed by atoms with Crippen molar-refractivity contribution in [3.05, 3.63) is 94.9 Å². The van der Waals surface area contributed by atoms with Gasteiger partial charge in [-0.1, -0.05) is 54.1 Å². The Morgan fingerprint density at radius 3 is 2.58 bits per heavy atom. The van der Waals surface area contributed by atoms with E-state index in [4.69, 9.17) is 0 Å². The van der Waals surface area contributed by atoms with Gasteiger partial charge in [0.05, 0.1) is 16.7 Å². The lowest BCUT2D eigenvalue weighted by Crippen LogP contribution is -2.19. The van der Waals surface area contributed by atoms with Crippen LogP contribution in [0.15, 0.2) is 83.8 Å². The monoisotopic (exact) mass is 336 g/mol. The third-order valence-electron chi connectivity index (χ3n) is 4.90. The molecule has 3 aromatic carbocycles. The molecule has 0 N–H and O–H groups in total. The van der Waals surface area contributed by atoms with Gasteiger partial charge in [0.1, 0.15) is 0 Å². The second-order valence-corrected chi connectivity index (χ2v) is 6.56. The Morgan fingerprint density at radius 2 is 1.65 bits per heavy atom. The van der Waals surface area contributed by atoms with Crippen LogP contribution in [-0.2, 0) is 0 Å². The van der Waals surface area contributed by atoms with Gasteiger partial charge in [-0.05, 0) is 36.6 Å². The van der Waals surface area contributed by atoms with E-state index in [2.05, 4.69) is 17.1 Å². The molecule has 3 heteroatoms. The molecule has 5 rings (SSSR count). The zero-order chi connectivity index (χ0) is 17.7. The van der Waals surface area contributed by atoms with Gasteiger partial charge >= 0.3 is 0 Å². The van der Waals surface area contributed by atoms with Crippen LogP contribution in [0, 0.1) is 6.92 Å². The van der Waals surface area contributed by atoms with Crippen LogP contribution in [0.4, 0.5) is 0 Å². The molecule has 2 aromatic heterocycles. The summed E-state index contributed by atoms with van der Waals surface area (Å²) >= 11 is 0. The summed E-state index contributed by atoms with van der Waals surface area (Å²) in [6, 6.07) is 24.0. The van der Waals surface area contributed by atoms with Gasteiger partial charge in [0.15, 0.2) is 0 Å². The predicted octanol–water partition coefficient (Wildman–Crippen LogP) is 5.00. The average Bonchev–Trinajstić information content (AvgIpc) is 2.68. The van der Waals surface area contributed by atoms with Crippen LogP contribution in [0.2, 0.25) is 0 Å². The van der Waals surface area contributed by atoms with Gasteiger partial charge in [0.2, 0.25) is 0 Å². The Morgan fingerprint density at radius 1 is 0.808 bits per heavy atom. The van der Waals surface area contributed by atoms with Crippen molar-refractivity contribution in [2.75, 3.05) is 0 Å². The van der Waals surface area contributed by atoms with Crippen molar-refractivity contribution in [2.24, 2.45) is 0 Å². The van der Waals surface area contributed by atoms with Gasteiger partial charge < -0.3 is 0 Å². The number of pyridine rings is 2. The maximum absolute atomic E-state index is 13.5. The maximum atomic E-state index is 13.5. The summed E-state index contributed by atoms with van der Waals surface area (Å²) < 4.78 is 1.80. The summed E-state index contributed by atoms with van der Waals surface area (Å²) in [6.45, 7) is 2.01. The average molecular weight is 336 g/mol. The van der Waals surface area contributed by atoms with Crippen molar-refractivity contribution >= 4 is 32.6 Å². The molecule has 0 saturated heterocycles. The van der Waals surface area contributed by atoms with E-state index in [0.29, 0.717) is 0 Å². The zero-order valence-electron chi connectivity index (χ0n) is 14.3. The van der Waals surface area contributed by atoms with Crippen LogP contribution in [0.5, 0.6) is 0 Å². The molecule has 0 spiro atoms. The molecule has 5 aromatic rings. The lowest BCUT2D eigenvalue weighted by atomic mass is 10.0. The van der Waals surface area contributed by atoms with Crippen LogP contribution < -0.4 is 5.56 Å². The number of hydrogen-bond donors (Lipinski definition) is 0. The van der Waals surface area contributed by atoms with E-state index in [-0.39, 0.29) is 5.56 Å². The van der Waals surface area contributed by atoms with Gasteiger partial charge in [-0.25, -0.2) is 0 Å². The first kappa shape index (κ1) is 14.8. The summed E-state index contributed by atoms with van der Waals surface area (Å²) in [5, 5.41) is 3.80. The Bertz CT molecular complexity index is 1360. The van der Waals surface area contributed by atoms with E-state index in [0.717, 1.165) is 43.8 Å². The van der Waals surface area contributed by atoms with E-state index in [1.54, 1.807) is 10.8 Å². The molecule has 0 aliphatic heterocycles. The van der Waals surface area contributed by atoms with Crippen LogP contribution in [0.25, 0.3) is 38.3 Å². The first-order valence-corrected chi connectivity index (χ1v) is 8.62. The van der Waals surface area contributed by atoms with Gasteiger partial charge in [-0.3, -0.25) is 14.3 Å². The summed E-state index contributed by atoms with van der Waals surface area (Å²) in [5.74, 6) is 0. The number of para-hydroxylation sites is 2. The molecule has 2 heterocycles. The fraction of sp³-hybridized carbons (Fsp3) is 0.0435. The van der Waals surface area contributed by atoms with Gasteiger partial charge in [0, 0.05) is 22.4 Å². The van der Waals surface area contributed by atoms with Crippen molar-refractivity contribution in [2.45, 2.75) is 6.92 Å². The summed E-state index contributed by atoms with van der Waals surface area (Å²) in [4.78, 5) is 18.0. The topological polar surface area (TPSA) is 34.9 Å². The van der Waals surface area contributed by atoms with Crippen molar-refractivity contribution in [3.8, 4) is 5.69 Å². The van der Waals surface area contributed by atoms with Gasteiger partial charge in [-0.15, -0.1) is 0 Å². The highest BCUT2D eigenvalue weighted by atomic mass is 16.1. The number of hydrogen-bond acceptors (Lipinski definition) is 2. The molecule has 0 amide bonds. The minimum absolute atomic E-state index is 0.0134. The van der Waals surface area contributed by atoms with E-state index >= 15 is 0 Å². The smallest absolute Gasteiger partial charge is 0.263 e. The van der Waals surface area contributed by atoms with Crippen molar-refractivity contribution in [3.63, 3.8) is 0 Å². The molecule has 0 aliphatic carbocycles. The second kappa shape index (κ2) is 5.53. The largest absolute Gasteiger partial charge is 0.274 e. The summed E-state index contributed by atoms with van der Waals surface area (Å²) in [7, 11) is 0. The number of rotatable bonds is 1. The first-order chi connectivity index (χ1) is 12.7. The predicted molar refractivity (Wildman–Crippen MR) is 107 cm³/mol. The fourth-order valence-corrected chi connectivity index (χ4v) is 3.70. The van der Waals surface area contributed by atoms with Crippen LogP contribution in [0.1, 0.15) is 5.56 Å². The van der Waals surface area contributed by atoms with Crippen LogP contribution in [-0.4, -0.2) is 9.55 Å². The Kier molecular flexibility index (Phi) is 3.16. The van der Waals surface area contributed by atoms with Crippen molar-refractivity contribution in [1.29, 1.82) is 0 Å². The van der Waals surface area contributed by atoms with Crippen LogP contribution in [0.3, 0.4) is 0 Å². The van der Waals surface area contributed by atoms with Gasteiger partial charge in [-0.2, -0.15) is 0 Å². The number of nitrogens with zero attached hydrogens (tertiary/aromatic N) is 2. The first-order valence-electron chi connectivity index (χ1n) is 8.62. The molecule has 26 heavy (non-hydrogen) atoms. The Balaban J connectivity index is 2.05. The lowest BCUT2D eigenvalue weighted by Gasteiger charge is -2.15. The van der Waals surface area contributed by atoms with E-state index in [1.807, 2.05) is 67.6 Å². The molecular weight excluding hydrogens is 320 g/mol. The SMILES string of the molecule is Cc1ccc2c(c1)c(=O)n(-c1cccc3cccnc13)c1ccccc21. The minimum atomic E-state index is -0.0134. The molecule has 0 saturated carbocycles. The quantitative estimate of drug-likeness (QED) is 0.404. The Labute approximate surface area is 150 Å². The highest BCUT2D eigenvalue weighted by Crippen LogP contribution is 2.27. The third-order valence-corrected chi connectivity index (χ3v) is 4.90. The fourth-order valence-electron chi connectivity index (χ4n) is 3.70. The lowest BCUT2D eigenvalue weighted by molar-refractivity contribution is 1.06. The highest BCUT2D eigenvalue weighted by Gasteiger charge is 2.14. The molecule has 0 atom stereocenters. The number of benzene rings is 3. The molecular formula is C23H16N2O. The standard InChI is InChI=1S/C23H16N2O/c1-15-11-12-17-18-8-2-3-9-20(18)25(23(26)19(17)14-15)21-10-4-6-16-7-5-13-24-22(16)21/h2-14H,1H3. The van der Waals surface area contributed by atoms with Gasteiger partial charge in [0.25, 0.3) is 5.56 Å². The molecule has 0 aliphatic rings. The number of fused-ring (bicyclic) bond motifs is 4. The highest BCUT2D eigenvalue weighted by molar-refractivity contribution is 6.07.